The number of allylic oxidation sites excluding steroid dienone is 2. The maximum atomic E-state index is 4.17. The second kappa shape index (κ2) is 6.36. The van der Waals surface area contributed by atoms with Gasteiger partial charge in [-0.15, -0.1) is 0 Å². The lowest BCUT2D eigenvalue weighted by atomic mass is 9.87. The molecule has 0 N–H and O–H groups in total. The first-order chi connectivity index (χ1) is 10.4. The van der Waals surface area contributed by atoms with Gasteiger partial charge in [0, 0.05) is 0 Å². The van der Waals surface area contributed by atoms with Crippen molar-refractivity contribution in [3.05, 3.63) is 76.9 Å². The number of hydrogen-bond acceptors (Lipinski definition) is 0. The summed E-state index contributed by atoms with van der Waals surface area (Å²) < 4.78 is 0. The molecule has 0 aromatic heterocycles. The van der Waals surface area contributed by atoms with E-state index < -0.39 is 0 Å². The molecule has 0 aliphatic rings. The summed E-state index contributed by atoms with van der Waals surface area (Å²) in [4.78, 5) is 0. The SMILES string of the molecule is C=C(C)C(=C)c1ccc(-c2ccc(C)cc2CC)c(C)c1C. The molecule has 0 heterocycles. The first-order valence-electron chi connectivity index (χ1n) is 7.92. The van der Waals surface area contributed by atoms with E-state index in [0.29, 0.717) is 0 Å². The third-order valence-corrected chi connectivity index (χ3v) is 4.56. The van der Waals surface area contributed by atoms with Crippen LogP contribution in [0, 0.1) is 20.8 Å². The first kappa shape index (κ1) is 16.3. The molecule has 2 aromatic carbocycles. The molecular formula is C22H26. The molecule has 2 rings (SSSR count). The normalized spacial score (nSPS) is 10.6. The molecule has 22 heavy (non-hydrogen) atoms. The fourth-order valence-electron chi connectivity index (χ4n) is 2.95. The number of aryl methyl sites for hydroxylation is 2. The summed E-state index contributed by atoms with van der Waals surface area (Å²) >= 11 is 0. The minimum Gasteiger partial charge on any atom is -0.0955 e. The predicted octanol–water partition coefficient (Wildman–Crippen LogP) is 6.43. The second-order valence-corrected chi connectivity index (χ2v) is 6.18. The zero-order valence-electron chi connectivity index (χ0n) is 14.5. The van der Waals surface area contributed by atoms with Crippen LogP contribution in [-0.2, 0) is 6.42 Å². The van der Waals surface area contributed by atoms with E-state index in [2.05, 4.69) is 71.2 Å². The second-order valence-electron chi connectivity index (χ2n) is 6.18. The van der Waals surface area contributed by atoms with Gasteiger partial charge in [-0.2, -0.15) is 0 Å². The van der Waals surface area contributed by atoms with E-state index in [1.54, 1.807) is 0 Å². The van der Waals surface area contributed by atoms with Crippen LogP contribution in [0.4, 0.5) is 0 Å². The van der Waals surface area contributed by atoms with Crippen LogP contribution in [0.5, 0.6) is 0 Å². The van der Waals surface area contributed by atoms with Gasteiger partial charge in [0.2, 0.25) is 0 Å². The van der Waals surface area contributed by atoms with Gasteiger partial charge in [-0.25, -0.2) is 0 Å². The Morgan fingerprint density at radius 2 is 1.55 bits per heavy atom. The van der Waals surface area contributed by atoms with E-state index in [0.717, 1.165) is 17.6 Å². The summed E-state index contributed by atoms with van der Waals surface area (Å²) in [5, 5.41) is 0. The number of benzene rings is 2. The zero-order valence-corrected chi connectivity index (χ0v) is 14.5. The highest BCUT2D eigenvalue weighted by Crippen LogP contribution is 2.34. The molecule has 0 nitrogen and oxygen atoms in total. The third kappa shape index (κ3) is 2.92. The maximum absolute atomic E-state index is 4.17. The highest BCUT2D eigenvalue weighted by molar-refractivity contribution is 5.82. The lowest BCUT2D eigenvalue weighted by molar-refractivity contribution is 1.13. The van der Waals surface area contributed by atoms with Gasteiger partial charge >= 0.3 is 0 Å². The quantitative estimate of drug-likeness (QED) is 0.569. The lowest BCUT2D eigenvalue weighted by Gasteiger charge is -2.17. The Bertz CT molecular complexity index is 745. The van der Waals surface area contributed by atoms with Crippen LogP contribution in [0.3, 0.4) is 0 Å². The van der Waals surface area contributed by atoms with E-state index in [-0.39, 0.29) is 0 Å². The van der Waals surface area contributed by atoms with Gasteiger partial charge < -0.3 is 0 Å². The minimum absolute atomic E-state index is 1.03. The summed E-state index contributed by atoms with van der Waals surface area (Å²) in [6.07, 6.45) is 1.05. The summed E-state index contributed by atoms with van der Waals surface area (Å²) in [5.74, 6) is 0. The van der Waals surface area contributed by atoms with Gasteiger partial charge in [0.1, 0.15) is 0 Å². The van der Waals surface area contributed by atoms with Gasteiger partial charge in [-0.1, -0.05) is 61.5 Å². The Morgan fingerprint density at radius 1 is 0.909 bits per heavy atom. The molecule has 0 amide bonds. The van der Waals surface area contributed by atoms with Crippen LogP contribution in [0.1, 0.15) is 41.7 Å². The van der Waals surface area contributed by atoms with E-state index in [9.17, 15) is 0 Å². The molecule has 2 aromatic rings. The van der Waals surface area contributed by atoms with Crippen molar-refractivity contribution in [3.63, 3.8) is 0 Å². The zero-order chi connectivity index (χ0) is 16.4. The van der Waals surface area contributed by atoms with Crippen molar-refractivity contribution in [2.45, 2.75) is 41.0 Å². The van der Waals surface area contributed by atoms with Crippen molar-refractivity contribution in [2.24, 2.45) is 0 Å². The summed E-state index contributed by atoms with van der Waals surface area (Å²) in [7, 11) is 0. The van der Waals surface area contributed by atoms with Crippen LogP contribution in [0.15, 0.2) is 49.1 Å². The Morgan fingerprint density at radius 3 is 2.14 bits per heavy atom. The van der Waals surface area contributed by atoms with Crippen molar-refractivity contribution < 1.29 is 0 Å². The summed E-state index contributed by atoms with van der Waals surface area (Å²) in [5.41, 5.74) is 11.3. The maximum Gasteiger partial charge on any atom is -0.0149 e. The molecule has 0 atom stereocenters. The molecular weight excluding hydrogens is 264 g/mol. The number of hydrogen-bond donors (Lipinski definition) is 0. The standard InChI is InChI=1S/C22H26/c1-8-19-13-15(4)9-10-22(19)21-12-11-20(16(5)14(2)3)17(6)18(21)7/h9-13H,2,5,8H2,1,3-4,6-7H3. The molecule has 0 spiro atoms. The Hall–Kier alpha value is -2.08. The average Bonchev–Trinajstić information content (AvgIpc) is 2.49. The van der Waals surface area contributed by atoms with Crippen molar-refractivity contribution >= 4 is 5.57 Å². The topological polar surface area (TPSA) is 0 Å². The van der Waals surface area contributed by atoms with E-state index in [4.69, 9.17) is 0 Å². The molecule has 0 saturated heterocycles. The molecule has 0 aliphatic heterocycles. The molecule has 0 aliphatic carbocycles. The highest BCUT2D eigenvalue weighted by atomic mass is 14.2. The van der Waals surface area contributed by atoms with E-state index in [1.165, 1.54) is 38.9 Å². The largest absolute Gasteiger partial charge is 0.0955 e. The van der Waals surface area contributed by atoms with E-state index in [1.807, 2.05) is 6.92 Å². The molecule has 0 unspecified atom stereocenters. The average molecular weight is 290 g/mol. The van der Waals surface area contributed by atoms with Gasteiger partial charge in [0.25, 0.3) is 0 Å². The van der Waals surface area contributed by atoms with E-state index >= 15 is 0 Å². The monoisotopic (exact) mass is 290 g/mol. The van der Waals surface area contributed by atoms with Gasteiger partial charge in [0.05, 0.1) is 0 Å². The number of rotatable bonds is 4. The Balaban J connectivity index is 2.62. The minimum atomic E-state index is 1.03. The molecule has 114 valence electrons. The smallest absolute Gasteiger partial charge is 0.0149 e. The van der Waals surface area contributed by atoms with Gasteiger partial charge in [-0.3, -0.25) is 0 Å². The lowest BCUT2D eigenvalue weighted by Crippen LogP contribution is -1.97. The van der Waals surface area contributed by atoms with Crippen LogP contribution in [0.2, 0.25) is 0 Å². The van der Waals surface area contributed by atoms with Crippen LogP contribution in [-0.4, -0.2) is 0 Å². The third-order valence-electron chi connectivity index (χ3n) is 4.56. The molecule has 0 saturated carbocycles. The molecule has 0 bridgehead atoms. The van der Waals surface area contributed by atoms with Crippen LogP contribution >= 0.6 is 0 Å². The fourth-order valence-corrected chi connectivity index (χ4v) is 2.95. The van der Waals surface area contributed by atoms with Crippen LogP contribution in [0.25, 0.3) is 16.7 Å². The molecule has 0 fully saturated rings. The van der Waals surface area contributed by atoms with Crippen molar-refractivity contribution in [1.29, 1.82) is 0 Å². The Kier molecular flexibility index (Phi) is 4.71. The van der Waals surface area contributed by atoms with Crippen molar-refractivity contribution in [1.82, 2.24) is 0 Å². The van der Waals surface area contributed by atoms with Gasteiger partial charge in [0.15, 0.2) is 0 Å². The molecule has 0 radical (unpaired) electrons. The highest BCUT2D eigenvalue weighted by Gasteiger charge is 2.12. The van der Waals surface area contributed by atoms with Crippen molar-refractivity contribution in [2.75, 3.05) is 0 Å². The predicted molar refractivity (Wildman–Crippen MR) is 99.3 cm³/mol. The summed E-state index contributed by atoms with van der Waals surface area (Å²) in [6.45, 7) is 19.0. The fraction of sp³-hybridized carbons (Fsp3) is 0.273. The summed E-state index contributed by atoms with van der Waals surface area (Å²) in [6, 6.07) is 11.2. The van der Waals surface area contributed by atoms with Crippen molar-refractivity contribution in [3.8, 4) is 11.1 Å². The first-order valence-corrected chi connectivity index (χ1v) is 7.92. The molecule has 0 heteroatoms. The van der Waals surface area contributed by atoms with Crippen LogP contribution < -0.4 is 0 Å². The van der Waals surface area contributed by atoms with Gasteiger partial charge in [-0.05, 0) is 73.1 Å². The Labute approximate surface area is 135 Å².